The minimum Gasteiger partial charge on any atom is -0.438 e. The van der Waals surface area contributed by atoms with Gasteiger partial charge in [-0.1, -0.05) is 20.8 Å². The smallest absolute Gasteiger partial charge is 0.438 e. The third kappa shape index (κ3) is 11.2. The summed E-state index contributed by atoms with van der Waals surface area (Å²) in [6, 6.07) is 0. The summed E-state index contributed by atoms with van der Waals surface area (Å²) in [5, 5.41) is 0. The van der Waals surface area contributed by atoms with E-state index in [1.807, 2.05) is 0 Å². The van der Waals surface area contributed by atoms with Gasteiger partial charge in [0.1, 0.15) is 0 Å². The van der Waals surface area contributed by atoms with Crippen LogP contribution >= 0.6 is 0 Å². The fraction of sp³-hybridized carbons (Fsp3) is 0.889. The molecule has 4 heteroatoms. The first kappa shape index (κ1) is 14.7. The molecular weight excluding hydrogens is 170 g/mol. The van der Waals surface area contributed by atoms with Crippen molar-refractivity contribution in [1.29, 1.82) is 0 Å². The zero-order valence-corrected chi connectivity index (χ0v) is 9.29. The van der Waals surface area contributed by atoms with Crippen molar-refractivity contribution in [2.75, 3.05) is 33.9 Å². The van der Waals surface area contributed by atoms with Crippen molar-refractivity contribution in [2.45, 2.75) is 20.8 Å². The van der Waals surface area contributed by atoms with E-state index in [0.717, 1.165) is 0 Å². The van der Waals surface area contributed by atoms with Crippen molar-refractivity contribution < 1.29 is 14.3 Å². The summed E-state index contributed by atoms with van der Waals surface area (Å²) in [6.45, 7) is 10.1. The molecule has 0 aliphatic rings. The molecule has 0 fully saturated rings. The van der Waals surface area contributed by atoms with Gasteiger partial charge in [0.05, 0.1) is 14.2 Å². The summed E-state index contributed by atoms with van der Waals surface area (Å²) >= 11 is 0. The molecule has 0 rings (SSSR count). The van der Waals surface area contributed by atoms with Gasteiger partial charge in [-0.3, -0.25) is 0 Å². The average Bonchev–Trinajstić information content (AvgIpc) is 2.20. The van der Waals surface area contributed by atoms with E-state index in [9.17, 15) is 4.79 Å². The lowest BCUT2D eigenvalue weighted by Gasteiger charge is -2.13. The predicted octanol–water partition coefficient (Wildman–Crippen LogP) is 1.75. The number of hydrogen-bond donors (Lipinski definition) is 0. The highest BCUT2D eigenvalue weighted by Crippen LogP contribution is 1.81. The maximum atomic E-state index is 9.74. The molecule has 0 saturated carbocycles. The van der Waals surface area contributed by atoms with Crippen LogP contribution in [0.25, 0.3) is 0 Å². The zero-order chi connectivity index (χ0) is 10.7. The van der Waals surface area contributed by atoms with Crippen molar-refractivity contribution in [3.8, 4) is 0 Å². The Kier molecular flexibility index (Phi) is 12.7. The molecule has 0 aliphatic heterocycles. The van der Waals surface area contributed by atoms with Crippen LogP contribution in [0.2, 0.25) is 0 Å². The van der Waals surface area contributed by atoms with Gasteiger partial charge in [0, 0.05) is 0 Å². The van der Waals surface area contributed by atoms with E-state index in [1.165, 1.54) is 33.9 Å². The van der Waals surface area contributed by atoms with Crippen LogP contribution in [0, 0.1) is 0 Å². The van der Waals surface area contributed by atoms with E-state index in [4.69, 9.17) is 0 Å². The highest BCUT2D eigenvalue weighted by Gasteiger charge is 1.89. The van der Waals surface area contributed by atoms with Crippen molar-refractivity contribution in [3.05, 3.63) is 0 Å². The number of nitrogens with zero attached hydrogens (tertiary/aromatic N) is 1. The van der Waals surface area contributed by atoms with Gasteiger partial charge in [-0.05, 0) is 19.6 Å². The highest BCUT2D eigenvalue weighted by atomic mass is 16.7. The van der Waals surface area contributed by atoms with Gasteiger partial charge in [-0.15, -0.1) is 0 Å². The lowest BCUT2D eigenvalue weighted by atomic mass is 10.5. The lowest BCUT2D eigenvalue weighted by molar-refractivity contribution is 0.0924. The van der Waals surface area contributed by atoms with Gasteiger partial charge >= 0.3 is 6.16 Å². The Labute approximate surface area is 80.8 Å². The summed E-state index contributed by atoms with van der Waals surface area (Å²) in [4.78, 5) is 12.1. The van der Waals surface area contributed by atoms with E-state index < -0.39 is 6.16 Å². The molecule has 0 spiro atoms. The van der Waals surface area contributed by atoms with E-state index >= 15 is 0 Å². The largest absolute Gasteiger partial charge is 0.507 e. The van der Waals surface area contributed by atoms with Crippen LogP contribution in [0.5, 0.6) is 0 Å². The number of carbonyl (C=O) groups is 1. The fourth-order valence-electron chi connectivity index (χ4n) is 0.754. The van der Waals surface area contributed by atoms with Crippen LogP contribution in [0.3, 0.4) is 0 Å². The Hall–Kier alpha value is -0.770. The molecule has 0 radical (unpaired) electrons. The van der Waals surface area contributed by atoms with Crippen molar-refractivity contribution >= 4 is 6.16 Å². The second-order valence-electron chi connectivity index (χ2n) is 2.28. The third-order valence-electron chi connectivity index (χ3n) is 1.67. The van der Waals surface area contributed by atoms with E-state index in [-0.39, 0.29) is 0 Å². The molecule has 4 nitrogen and oxygen atoms in total. The molecule has 0 atom stereocenters. The maximum Gasteiger partial charge on any atom is 0.507 e. The SMILES string of the molecule is CCN(CC)CC.COC(=O)OC. The van der Waals surface area contributed by atoms with Gasteiger partial charge in [-0.25, -0.2) is 4.79 Å². The molecular formula is C9H21NO3. The fourth-order valence-corrected chi connectivity index (χ4v) is 0.754. The highest BCUT2D eigenvalue weighted by molar-refractivity contribution is 5.59. The third-order valence-corrected chi connectivity index (χ3v) is 1.67. The standard InChI is InChI=1S/C6H15N.C3H6O3/c1-4-7(5-2)6-3;1-5-3(4)6-2/h4-6H2,1-3H3;1-2H3. The van der Waals surface area contributed by atoms with Crippen LogP contribution in [0.1, 0.15) is 20.8 Å². The predicted molar refractivity (Wildman–Crippen MR) is 52.9 cm³/mol. The van der Waals surface area contributed by atoms with Gasteiger partial charge in [0.15, 0.2) is 0 Å². The Morgan fingerprint density at radius 1 is 1.00 bits per heavy atom. The van der Waals surface area contributed by atoms with Crippen molar-refractivity contribution in [2.24, 2.45) is 0 Å². The minimum absolute atomic E-state index is 0.657. The monoisotopic (exact) mass is 191 g/mol. The van der Waals surface area contributed by atoms with E-state index in [1.54, 1.807) is 0 Å². The van der Waals surface area contributed by atoms with Gasteiger partial charge < -0.3 is 14.4 Å². The molecule has 0 bridgehead atoms. The summed E-state index contributed by atoms with van der Waals surface area (Å²) in [5.74, 6) is 0. The first-order valence-corrected chi connectivity index (χ1v) is 4.50. The number of hydrogen-bond acceptors (Lipinski definition) is 4. The molecule has 0 amide bonds. The molecule has 0 aliphatic carbocycles. The quantitative estimate of drug-likeness (QED) is 0.637. The molecule has 0 aromatic rings. The number of carbonyl (C=O) groups excluding carboxylic acids is 1. The molecule has 0 aromatic carbocycles. The maximum absolute atomic E-state index is 9.74. The minimum atomic E-state index is -0.657. The van der Waals surface area contributed by atoms with Crippen LogP contribution in [0.4, 0.5) is 4.79 Å². The van der Waals surface area contributed by atoms with Crippen LogP contribution in [-0.2, 0) is 9.47 Å². The van der Waals surface area contributed by atoms with Gasteiger partial charge in [0.2, 0.25) is 0 Å². The molecule has 0 unspecified atom stereocenters. The normalized spacial score (nSPS) is 8.77. The van der Waals surface area contributed by atoms with E-state index in [2.05, 4.69) is 35.1 Å². The summed E-state index contributed by atoms with van der Waals surface area (Å²) in [5.41, 5.74) is 0. The number of rotatable bonds is 3. The summed E-state index contributed by atoms with van der Waals surface area (Å²) in [6.07, 6.45) is -0.657. The second-order valence-corrected chi connectivity index (χ2v) is 2.28. The average molecular weight is 191 g/mol. The molecule has 13 heavy (non-hydrogen) atoms. The molecule has 0 saturated heterocycles. The Morgan fingerprint density at radius 2 is 1.31 bits per heavy atom. The molecule has 0 heterocycles. The van der Waals surface area contributed by atoms with Crippen molar-refractivity contribution in [1.82, 2.24) is 4.90 Å². The molecule has 0 N–H and O–H groups in total. The summed E-state index contributed by atoms with van der Waals surface area (Å²) in [7, 11) is 2.51. The van der Waals surface area contributed by atoms with Crippen LogP contribution in [-0.4, -0.2) is 44.9 Å². The first-order valence-electron chi connectivity index (χ1n) is 4.50. The van der Waals surface area contributed by atoms with Crippen molar-refractivity contribution in [3.63, 3.8) is 0 Å². The first-order chi connectivity index (χ1) is 6.15. The Balaban J connectivity index is 0. The Morgan fingerprint density at radius 3 is 1.31 bits per heavy atom. The van der Waals surface area contributed by atoms with Gasteiger partial charge in [-0.2, -0.15) is 0 Å². The summed E-state index contributed by atoms with van der Waals surface area (Å²) < 4.78 is 8.08. The van der Waals surface area contributed by atoms with Crippen LogP contribution in [0.15, 0.2) is 0 Å². The molecule has 0 aromatic heterocycles. The topological polar surface area (TPSA) is 38.8 Å². The number of ether oxygens (including phenoxy) is 2. The van der Waals surface area contributed by atoms with E-state index in [0.29, 0.717) is 0 Å². The van der Waals surface area contributed by atoms with Gasteiger partial charge in [0.25, 0.3) is 0 Å². The number of methoxy groups -OCH3 is 2. The van der Waals surface area contributed by atoms with Crippen LogP contribution < -0.4 is 0 Å². The zero-order valence-electron chi connectivity index (χ0n) is 9.29. The Bertz CT molecular complexity index is 102. The second kappa shape index (κ2) is 11.2. The molecule has 80 valence electrons. The lowest BCUT2D eigenvalue weighted by Crippen LogP contribution is -2.21.